The van der Waals surface area contributed by atoms with Gasteiger partial charge >= 0.3 is 5.00 Å². The molecule has 9 nitrogen and oxygen atoms in total. The first-order valence-corrected chi connectivity index (χ1v) is 8.99. The van der Waals surface area contributed by atoms with Crippen molar-refractivity contribution < 1.29 is 19.2 Å². The Bertz CT molecular complexity index is 677. The van der Waals surface area contributed by atoms with Crippen molar-refractivity contribution in [1.82, 2.24) is 9.80 Å². The molecule has 3 heterocycles. The highest BCUT2D eigenvalue weighted by molar-refractivity contribution is 7.17. The number of ether oxygens (including phenoxy) is 1. The first-order chi connectivity index (χ1) is 12.0. The fourth-order valence-corrected chi connectivity index (χ4v) is 3.88. The third-order valence-electron chi connectivity index (χ3n) is 4.51. The minimum atomic E-state index is -0.506. The molecule has 2 atom stereocenters. The largest absolute Gasteiger partial charge is 0.364 e. The van der Waals surface area contributed by atoms with Crippen molar-refractivity contribution in [2.45, 2.75) is 25.0 Å². The van der Waals surface area contributed by atoms with Crippen molar-refractivity contribution in [2.24, 2.45) is 5.73 Å². The van der Waals surface area contributed by atoms with Crippen LogP contribution in [0, 0.1) is 10.1 Å². The van der Waals surface area contributed by atoms with E-state index in [1.807, 2.05) is 0 Å². The number of thiophene rings is 1. The van der Waals surface area contributed by atoms with Crippen LogP contribution in [-0.2, 0) is 9.53 Å². The molecular weight excluding hydrogens is 384 g/mol. The molecule has 1 aromatic heterocycles. The quantitative estimate of drug-likeness (QED) is 0.587. The smallest absolute Gasteiger partial charge is 0.324 e. The minimum absolute atomic E-state index is 0. The van der Waals surface area contributed by atoms with Crippen molar-refractivity contribution in [1.29, 1.82) is 0 Å². The maximum atomic E-state index is 12.5. The van der Waals surface area contributed by atoms with Crippen molar-refractivity contribution in [2.75, 3.05) is 32.7 Å². The van der Waals surface area contributed by atoms with Gasteiger partial charge in [-0.3, -0.25) is 19.7 Å². The van der Waals surface area contributed by atoms with Gasteiger partial charge in [0.1, 0.15) is 6.10 Å². The standard InChI is InChI=1S/C15H20N4O5S.ClH/c16-9-10-1-2-11(24-10)14(20)17-5-7-18(8-6-17)15(21)12-3-4-13(25-12)19(22)23;/h3-4,10-11H,1-2,5-9,16H2;1H/t10-,11+;/m1./s1. The number of carbonyl (C=O) groups is 2. The van der Waals surface area contributed by atoms with Crippen LogP contribution in [0.1, 0.15) is 22.5 Å². The lowest BCUT2D eigenvalue weighted by molar-refractivity contribution is -0.380. The zero-order valence-corrected chi connectivity index (χ0v) is 15.7. The third-order valence-corrected chi connectivity index (χ3v) is 5.53. The topological polar surface area (TPSA) is 119 Å². The van der Waals surface area contributed by atoms with Crippen LogP contribution in [0.15, 0.2) is 12.1 Å². The molecule has 2 N–H and O–H groups in total. The van der Waals surface area contributed by atoms with Crippen LogP contribution in [0.5, 0.6) is 0 Å². The molecule has 2 amide bonds. The number of hydrogen-bond acceptors (Lipinski definition) is 7. The minimum Gasteiger partial charge on any atom is -0.364 e. The Morgan fingerprint density at radius 2 is 1.88 bits per heavy atom. The van der Waals surface area contributed by atoms with Gasteiger partial charge in [0.15, 0.2) is 0 Å². The number of nitro groups is 1. The van der Waals surface area contributed by atoms with E-state index in [2.05, 4.69) is 0 Å². The Hall–Kier alpha value is -1.75. The Morgan fingerprint density at radius 1 is 1.23 bits per heavy atom. The molecule has 11 heteroatoms. The van der Waals surface area contributed by atoms with Crippen LogP contribution < -0.4 is 5.73 Å². The maximum absolute atomic E-state index is 12.5. The van der Waals surface area contributed by atoms with Gasteiger partial charge in [-0.05, 0) is 18.9 Å². The van der Waals surface area contributed by atoms with E-state index in [0.29, 0.717) is 44.0 Å². The molecule has 2 saturated heterocycles. The van der Waals surface area contributed by atoms with Crippen LogP contribution in [0.2, 0.25) is 0 Å². The number of halogens is 1. The molecular formula is C15H21ClN4O5S. The Balaban J connectivity index is 0.00000243. The molecule has 2 aliphatic rings. The summed E-state index contributed by atoms with van der Waals surface area (Å²) >= 11 is 0.870. The van der Waals surface area contributed by atoms with Gasteiger partial charge in [0.25, 0.3) is 11.8 Å². The Kier molecular flexibility index (Phi) is 6.93. The average molecular weight is 405 g/mol. The SMILES string of the molecule is Cl.NC[C@H]1CC[C@@H](C(=O)N2CCN(C(=O)c3ccc([N+](=O)[O-])s3)CC2)O1. The second kappa shape index (κ2) is 8.76. The molecule has 2 fully saturated rings. The lowest BCUT2D eigenvalue weighted by Gasteiger charge is -2.35. The van der Waals surface area contributed by atoms with E-state index in [1.54, 1.807) is 9.80 Å². The molecule has 0 spiro atoms. The van der Waals surface area contributed by atoms with Gasteiger partial charge in [-0.2, -0.15) is 0 Å². The molecule has 3 rings (SSSR count). The molecule has 144 valence electrons. The van der Waals surface area contributed by atoms with E-state index in [0.717, 1.165) is 17.8 Å². The van der Waals surface area contributed by atoms with Gasteiger partial charge in [-0.15, -0.1) is 12.4 Å². The number of amides is 2. The second-order valence-corrected chi connectivity index (χ2v) is 7.13. The van der Waals surface area contributed by atoms with Gasteiger partial charge in [0.2, 0.25) is 0 Å². The molecule has 2 aliphatic heterocycles. The summed E-state index contributed by atoms with van der Waals surface area (Å²) in [5.74, 6) is -0.277. The predicted octanol–water partition coefficient (Wildman–Crippen LogP) is 0.869. The van der Waals surface area contributed by atoms with Gasteiger partial charge in [0, 0.05) is 38.8 Å². The lowest BCUT2D eigenvalue weighted by atomic mass is 10.1. The lowest BCUT2D eigenvalue weighted by Crippen LogP contribution is -2.52. The highest BCUT2D eigenvalue weighted by Crippen LogP contribution is 2.26. The number of hydrogen-bond donors (Lipinski definition) is 1. The van der Waals surface area contributed by atoms with E-state index in [4.69, 9.17) is 10.5 Å². The summed E-state index contributed by atoms with van der Waals surface area (Å²) < 4.78 is 5.64. The van der Waals surface area contributed by atoms with Crippen molar-refractivity contribution in [3.63, 3.8) is 0 Å². The zero-order chi connectivity index (χ0) is 18.0. The zero-order valence-electron chi connectivity index (χ0n) is 14.0. The first-order valence-electron chi connectivity index (χ1n) is 8.17. The molecule has 0 aromatic carbocycles. The van der Waals surface area contributed by atoms with Crippen molar-refractivity contribution in [3.05, 3.63) is 27.1 Å². The molecule has 0 saturated carbocycles. The van der Waals surface area contributed by atoms with E-state index >= 15 is 0 Å². The first kappa shape index (κ1) is 20.6. The van der Waals surface area contributed by atoms with Gasteiger partial charge in [-0.25, -0.2) is 0 Å². The normalized spacial score (nSPS) is 22.8. The van der Waals surface area contributed by atoms with E-state index in [9.17, 15) is 19.7 Å². The molecule has 0 radical (unpaired) electrons. The monoisotopic (exact) mass is 404 g/mol. The highest BCUT2D eigenvalue weighted by atomic mass is 35.5. The Morgan fingerprint density at radius 3 is 2.42 bits per heavy atom. The number of rotatable bonds is 4. The van der Waals surface area contributed by atoms with Crippen LogP contribution in [0.4, 0.5) is 5.00 Å². The Labute approximate surface area is 160 Å². The van der Waals surface area contributed by atoms with E-state index in [1.165, 1.54) is 12.1 Å². The van der Waals surface area contributed by atoms with E-state index < -0.39 is 11.0 Å². The summed E-state index contributed by atoms with van der Waals surface area (Å²) in [6.07, 6.45) is 0.989. The fourth-order valence-electron chi connectivity index (χ4n) is 3.09. The second-order valence-electron chi connectivity index (χ2n) is 6.07. The van der Waals surface area contributed by atoms with Crippen LogP contribution >= 0.6 is 23.7 Å². The van der Waals surface area contributed by atoms with Crippen molar-refractivity contribution in [3.8, 4) is 0 Å². The number of nitrogens with zero attached hydrogens (tertiary/aromatic N) is 3. The molecule has 26 heavy (non-hydrogen) atoms. The molecule has 0 unspecified atom stereocenters. The summed E-state index contributed by atoms with van der Waals surface area (Å²) in [5, 5.41) is 10.7. The van der Waals surface area contributed by atoms with E-state index in [-0.39, 0.29) is 35.3 Å². The molecule has 1 aromatic rings. The summed E-state index contributed by atoms with van der Waals surface area (Å²) in [7, 11) is 0. The number of carbonyl (C=O) groups excluding carboxylic acids is 2. The van der Waals surface area contributed by atoms with Crippen LogP contribution in [-0.4, -0.2) is 71.5 Å². The summed E-state index contributed by atoms with van der Waals surface area (Å²) in [5.41, 5.74) is 5.57. The van der Waals surface area contributed by atoms with Crippen LogP contribution in [0.25, 0.3) is 0 Å². The fraction of sp³-hybridized carbons (Fsp3) is 0.600. The third kappa shape index (κ3) is 4.32. The summed E-state index contributed by atoms with van der Waals surface area (Å²) in [6.45, 7) is 2.10. The predicted molar refractivity (Wildman–Crippen MR) is 97.7 cm³/mol. The van der Waals surface area contributed by atoms with Gasteiger partial charge < -0.3 is 20.3 Å². The summed E-state index contributed by atoms with van der Waals surface area (Å²) in [6, 6.07) is 2.81. The van der Waals surface area contributed by atoms with Gasteiger partial charge in [-0.1, -0.05) is 11.3 Å². The maximum Gasteiger partial charge on any atom is 0.324 e. The number of nitrogens with two attached hydrogens (primary N) is 1. The summed E-state index contributed by atoms with van der Waals surface area (Å²) in [4.78, 5) is 38.8. The molecule has 0 aliphatic carbocycles. The average Bonchev–Trinajstić information content (AvgIpc) is 3.30. The molecule has 0 bridgehead atoms. The highest BCUT2D eigenvalue weighted by Gasteiger charge is 2.35. The van der Waals surface area contributed by atoms with Gasteiger partial charge in [0.05, 0.1) is 15.9 Å². The van der Waals surface area contributed by atoms with Crippen molar-refractivity contribution >= 4 is 40.6 Å². The number of piperazine rings is 1. The van der Waals surface area contributed by atoms with Crippen LogP contribution in [0.3, 0.4) is 0 Å².